The molecule has 0 aliphatic rings. The van der Waals surface area contributed by atoms with Crippen LogP contribution in [0.1, 0.15) is 12.2 Å². The minimum absolute atomic E-state index is 0.667. The van der Waals surface area contributed by atoms with E-state index in [0.29, 0.717) is 0 Å². The number of alkyl halides is 2. The molecule has 0 amide bonds. The lowest BCUT2D eigenvalue weighted by Gasteiger charge is -1.90. The Balaban J connectivity index is 3.09. The molecule has 0 unspecified atom stereocenters. The van der Waals surface area contributed by atoms with E-state index in [2.05, 4.69) is 4.42 Å². The van der Waals surface area contributed by atoms with E-state index in [0.717, 1.165) is 12.1 Å². The van der Waals surface area contributed by atoms with Gasteiger partial charge in [-0.1, -0.05) is 0 Å². The fourth-order valence-electron chi connectivity index (χ4n) is 0.583. The molecular weight excluding hydrogens is 214 g/mol. The summed E-state index contributed by atoms with van der Waals surface area (Å²) in [7, 11) is 0.767. The van der Waals surface area contributed by atoms with E-state index >= 15 is 0 Å². The molecule has 1 aromatic heterocycles. The minimum atomic E-state index is -4.04. The molecule has 12 heavy (non-hydrogen) atoms. The lowest BCUT2D eigenvalue weighted by molar-refractivity contribution is 0.116. The molecule has 0 N–H and O–H groups in total. The maximum absolute atomic E-state index is 11.8. The largest absolute Gasteiger partial charge is 0.442 e. The average Bonchev–Trinajstić information content (AvgIpc) is 2.30. The number of hydrogen-bond donors (Lipinski definition) is 0. The third-order valence-electron chi connectivity index (χ3n) is 1.06. The van der Waals surface area contributed by atoms with Gasteiger partial charge in [0.2, 0.25) is 5.09 Å². The first-order valence-electron chi connectivity index (χ1n) is 2.74. The molecule has 0 atom stereocenters. The standard InChI is InChI=1S/C5H3ClF2O3S/c6-12(9,10)4-2-1-3(11-4)5(7)8/h1-2,5H. The van der Waals surface area contributed by atoms with Crippen LogP contribution >= 0.6 is 10.7 Å². The Hall–Kier alpha value is -0.620. The van der Waals surface area contributed by atoms with Crippen molar-refractivity contribution in [3.63, 3.8) is 0 Å². The Bertz CT molecular complexity index is 370. The first-order valence-corrected chi connectivity index (χ1v) is 5.05. The predicted octanol–water partition coefficient (Wildman–Crippen LogP) is 2.14. The molecule has 0 saturated heterocycles. The second kappa shape index (κ2) is 3.02. The van der Waals surface area contributed by atoms with Gasteiger partial charge in [0.25, 0.3) is 15.5 Å². The molecule has 1 aromatic rings. The summed E-state index contributed by atoms with van der Waals surface area (Å²) in [4.78, 5) is 0. The topological polar surface area (TPSA) is 47.3 Å². The van der Waals surface area contributed by atoms with E-state index in [1.807, 2.05) is 0 Å². The molecule has 1 rings (SSSR count). The van der Waals surface area contributed by atoms with Crippen molar-refractivity contribution in [1.29, 1.82) is 0 Å². The Morgan fingerprint density at radius 1 is 1.42 bits per heavy atom. The fourth-order valence-corrected chi connectivity index (χ4v) is 1.26. The zero-order valence-corrected chi connectivity index (χ0v) is 7.07. The van der Waals surface area contributed by atoms with Crippen molar-refractivity contribution in [3.8, 4) is 0 Å². The van der Waals surface area contributed by atoms with Crippen LogP contribution in [0.4, 0.5) is 8.78 Å². The summed E-state index contributed by atoms with van der Waals surface area (Å²) >= 11 is 0. The van der Waals surface area contributed by atoms with Crippen molar-refractivity contribution in [1.82, 2.24) is 0 Å². The molecule has 0 bridgehead atoms. The zero-order valence-electron chi connectivity index (χ0n) is 5.50. The van der Waals surface area contributed by atoms with Gasteiger partial charge in [0.05, 0.1) is 0 Å². The van der Waals surface area contributed by atoms with Crippen LogP contribution in [0.3, 0.4) is 0 Å². The molecule has 0 fully saturated rings. The van der Waals surface area contributed by atoms with Gasteiger partial charge in [-0.05, 0) is 12.1 Å². The fraction of sp³-hybridized carbons (Fsp3) is 0.200. The Kier molecular flexibility index (Phi) is 2.39. The first-order chi connectivity index (χ1) is 5.41. The quantitative estimate of drug-likeness (QED) is 0.712. The van der Waals surface area contributed by atoms with E-state index in [1.165, 1.54) is 0 Å². The second-order valence-electron chi connectivity index (χ2n) is 1.90. The van der Waals surface area contributed by atoms with Crippen LogP contribution in [0.15, 0.2) is 21.6 Å². The maximum atomic E-state index is 11.8. The summed E-state index contributed by atoms with van der Waals surface area (Å²) in [5, 5.41) is -0.667. The van der Waals surface area contributed by atoms with Gasteiger partial charge in [0.15, 0.2) is 5.76 Å². The van der Waals surface area contributed by atoms with Crippen LogP contribution < -0.4 is 0 Å². The monoisotopic (exact) mass is 216 g/mol. The van der Waals surface area contributed by atoms with Gasteiger partial charge >= 0.3 is 0 Å². The van der Waals surface area contributed by atoms with Gasteiger partial charge in [0.1, 0.15) is 0 Å². The SMILES string of the molecule is O=S(=O)(Cl)c1ccc(C(F)F)o1. The van der Waals surface area contributed by atoms with Crippen LogP contribution in [0.25, 0.3) is 0 Å². The minimum Gasteiger partial charge on any atom is -0.442 e. The summed E-state index contributed by atoms with van der Waals surface area (Å²) in [6, 6.07) is 1.74. The summed E-state index contributed by atoms with van der Waals surface area (Å²) in [5.74, 6) is -0.714. The zero-order chi connectivity index (χ0) is 9.35. The highest BCUT2D eigenvalue weighted by Gasteiger charge is 2.19. The van der Waals surface area contributed by atoms with Crippen molar-refractivity contribution in [2.24, 2.45) is 0 Å². The van der Waals surface area contributed by atoms with Crippen molar-refractivity contribution in [3.05, 3.63) is 17.9 Å². The van der Waals surface area contributed by atoms with Crippen LogP contribution in [0.2, 0.25) is 0 Å². The molecule has 0 aliphatic carbocycles. The summed E-state index contributed by atoms with van der Waals surface area (Å²) in [6.45, 7) is 0. The van der Waals surface area contributed by atoms with Crippen molar-refractivity contribution < 1.29 is 21.6 Å². The van der Waals surface area contributed by atoms with E-state index in [-0.39, 0.29) is 0 Å². The molecular formula is C5H3ClF2O3S. The predicted molar refractivity (Wildman–Crippen MR) is 36.7 cm³/mol. The van der Waals surface area contributed by atoms with E-state index in [4.69, 9.17) is 10.7 Å². The number of rotatable bonds is 2. The Morgan fingerprint density at radius 3 is 2.25 bits per heavy atom. The average molecular weight is 217 g/mol. The van der Waals surface area contributed by atoms with Gasteiger partial charge < -0.3 is 4.42 Å². The van der Waals surface area contributed by atoms with Crippen LogP contribution in [-0.2, 0) is 9.05 Å². The van der Waals surface area contributed by atoms with Crippen molar-refractivity contribution >= 4 is 19.7 Å². The normalized spacial score (nSPS) is 12.3. The lowest BCUT2D eigenvalue weighted by atomic mass is 10.5. The highest BCUT2D eigenvalue weighted by molar-refractivity contribution is 8.13. The van der Waals surface area contributed by atoms with E-state index < -0.39 is 26.3 Å². The van der Waals surface area contributed by atoms with Gasteiger partial charge in [-0.3, -0.25) is 0 Å². The van der Waals surface area contributed by atoms with Gasteiger partial charge in [0, 0.05) is 10.7 Å². The molecule has 0 spiro atoms. The first kappa shape index (κ1) is 9.47. The maximum Gasteiger partial charge on any atom is 0.295 e. The highest BCUT2D eigenvalue weighted by atomic mass is 35.7. The summed E-state index contributed by atoms with van der Waals surface area (Å²) < 4.78 is 48.9. The highest BCUT2D eigenvalue weighted by Crippen LogP contribution is 2.25. The van der Waals surface area contributed by atoms with Crippen LogP contribution in [0, 0.1) is 0 Å². The van der Waals surface area contributed by atoms with Gasteiger partial charge in [-0.15, -0.1) is 0 Å². The number of hydrogen-bond acceptors (Lipinski definition) is 3. The molecule has 7 heteroatoms. The number of halogens is 3. The summed E-state index contributed by atoms with van der Waals surface area (Å²) in [6.07, 6.45) is -2.84. The van der Waals surface area contributed by atoms with Crippen molar-refractivity contribution in [2.45, 2.75) is 11.5 Å². The van der Waals surface area contributed by atoms with E-state index in [1.54, 1.807) is 0 Å². The Morgan fingerprint density at radius 2 is 2.00 bits per heavy atom. The van der Waals surface area contributed by atoms with Crippen LogP contribution in [-0.4, -0.2) is 8.42 Å². The molecule has 0 aromatic carbocycles. The molecule has 3 nitrogen and oxygen atoms in total. The smallest absolute Gasteiger partial charge is 0.295 e. The van der Waals surface area contributed by atoms with Crippen molar-refractivity contribution in [2.75, 3.05) is 0 Å². The third-order valence-corrected chi connectivity index (χ3v) is 2.21. The molecule has 68 valence electrons. The lowest BCUT2D eigenvalue weighted by Crippen LogP contribution is -1.86. The Labute approximate surface area is 71.4 Å². The number of furan rings is 1. The van der Waals surface area contributed by atoms with Gasteiger partial charge in [-0.2, -0.15) is 0 Å². The second-order valence-corrected chi connectivity index (χ2v) is 4.39. The summed E-state index contributed by atoms with van der Waals surface area (Å²) in [5.41, 5.74) is 0. The molecule has 1 heterocycles. The molecule has 0 radical (unpaired) electrons. The van der Waals surface area contributed by atoms with Crippen LogP contribution in [0.5, 0.6) is 0 Å². The molecule has 0 aliphatic heterocycles. The van der Waals surface area contributed by atoms with Gasteiger partial charge in [-0.25, -0.2) is 17.2 Å². The van der Waals surface area contributed by atoms with E-state index in [9.17, 15) is 17.2 Å². The third kappa shape index (κ3) is 1.95. The molecule has 0 saturated carbocycles.